The molecule has 1 N–H and O–H groups in total. The molecule has 1 aromatic carbocycles. The first-order valence-corrected chi connectivity index (χ1v) is 9.77. The predicted molar refractivity (Wildman–Crippen MR) is 106 cm³/mol. The molecule has 1 unspecified atom stereocenters. The number of anilines is 1. The molecule has 28 heavy (non-hydrogen) atoms. The first-order chi connectivity index (χ1) is 13.6. The van der Waals surface area contributed by atoms with Crippen molar-refractivity contribution in [2.45, 2.75) is 38.8 Å². The maximum absolute atomic E-state index is 13.0. The second kappa shape index (κ2) is 7.58. The van der Waals surface area contributed by atoms with Crippen LogP contribution >= 0.6 is 0 Å². The van der Waals surface area contributed by atoms with E-state index in [1.54, 1.807) is 11.8 Å². The highest BCUT2D eigenvalue weighted by Gasteiger charge is 2.34. The van der Waals surface area contributed by atoms with Gasteiger partial charge in [0.1, 0.15) is 5.82 Å². The summed E-state index contributed by atoms with van der Waals surface area (Å²) in [6.07, 6.45) is 2.51. The Labute approximate surface area is 164 Å². The van der Waals surface area contributed by atoms with E-state index in [0.29, 0.717) is 31.0 Å². The molecule has 0 bridgehead atoms. The second-order valence-electron chi connectivity index (χ2n) is 7.32. The van der Waals surface area contributed by atoms with Crippen molar-refractivity contribution in [2.75, 3.05) is 25.5 Å². The number of likely N-dealkylation sites (tertiary alicyclic amines) is 1. The molecule has 0 spiro atoms. The zero-order valence-corrected chi connectivity index (χ0v) is 16.3. The first-order valence-electron chi connectivity index (χ1n) is 9.77. The molecule has 2 aromatic rings. The van der Waals surface area contributed by atoms with Crippen LogP contribution in [0.15, 0.2) is 30.3 Å². The Morgan fingerprint density at radius 3 is 2.64 bits per heavy atom. The van der Waals surface area contributed by atoms with Crippen LogP contribution in [0.25, 0.3) is 0 Å². The largest absolute Gasteiger partial charge is 0.373 e. The third-order valence-electron chi connectivity index (χ3n) is 5.60. The number of fused-ring (bicyclic) bond motifs is 1. The van der Waals surface area contributed by atoms with Crippen molar-refractivity contribution >= 4 is 17.6 Å². The number of rotatable bonds is 3. The number of hydrogen-bond donors (Lipinski definition) is 1. The van der Waals surface area contributed by atoms with Crippen molar-refractivity contribution in [1.82, 2.24) is 19.8 Å². The van der Waals surface area contributed by atoms with Crippen LogP contribution in [0.2, 0.25) is 0 Å². The Morgan fingerprint density at radius 1 is 1.14 bits per heavy atom. The van der Waals surface area contributed by atoms with E-state index < -0.39 is 0 Å². The number of carbonyl (C=O) groups is 2. The molecule has 1 aromatic heterocycles. The minimum absolute atomic E-state index is 0.0146. The van der Waals surface area contributed by atoms with Crippen LogP contribution in [0.4, 0.5) is 5.82 Å². The summed E-state index contributed by atoms with van der Waals surface area (Å²) in [6, 6.07) is 9.21. The molecule has 4 rings (SSSR count). The van der Waals surface area contributed by atoms with Gasteiger partial charge in [-0.25, -0.2) is 9.97 Å². The normalized spacial score (nSPS) is 18.7. The minimum atomic E-state index is -0.141. The van der Waals surface area contributed by atoms with Gasteiger partial charge < -0.3 is 15.1 Å². The van der Waals surface area contributed by atoms with Crippen molar-refractivity contribution in [3.8, 4) is 0 Å². The zero-order chi connectivity index (χ0) is 19.7. The highest BCUT2D eigenvalue weighted by atomic mass is 16.2. The zero-order valence-electron chi connectivity index (χ0n) is 16.3. The average molecular weight is 379 g/mol. The Bertz CT molecular complexity index is 899. The van der Waals surface area contributed by atoms with Gasteiger partial charge in [0.05, 0.1) is 18.3 Å². The molecule has 3 heterocycles. The molecule has 2 aliphatic heterocycles. The summed E-state index contributed by atoms with van der Waals surface area (Å²) in [5, 5.41) is 3.18. The number of benzene rings is 1. The lowest BCUT2D eigenvalue weighted by Gasteiger charge is -2.30. The summed E-state index contributed by atoms with van der Waals surface area (Å²) in [5.41, 5.74) is 2.64. The predicted octanol–water partition coefficient (Wildman–Crippen LogP) is 2.40. The molecule has 7 heteroatoms. The van der Waals surface area contributed by atoms with Gasteiger partial charge in [0, 0.05) is 38.2 Å². The molecule has 1 saturated heterocycles. The molecule has 1 atom stereocenters. The van der Waals surface area contributed by atoms with Crippen LogP contribution in [0.5, 0.6) is 0 Å². The van der Waals surface area contributed by atoms with Crippen molar-refractivity contribution in [1.29, 1.82) is 0 Å². The van der Waals surface area contributed by atoms with Crippen LogP contribution in [0, 0.1) is 0 Å². The van der Waals surface area contributed by atoms with Crippen molar-refractivity contribution in [2.24, 2.45) is 0 Å². The summed E-state index contributed by atoms with van der Waals surface area (Å²) < 4.78 is 0. The maximum atomic E-state index is 13.0. The van der Waals surface area contributed by atoms with E-state index in [0.717, 1.165) is 36.3 Å². The fourth-order valence-corrected chi connectivity index (χ4v) is 4.10. The van der Waals surface area contributed by atoms with Gasteiger partial charge in [-0.1, -0.05) is 18.2 Å². The van der Waals surface area contributed by atoms with E-state index in [1.165, 1.54) is 0 Å². The highest BCUT2D eigenvalue weighted by Crippen LogP contribution is 2.34. The van der Waals surface area contributed by atoms with Gasteiger partial charge in [-0.05, 0) is 31.4 Å². The van der Waals surface area contributed by atoms with Crippen LogP contribution in [0.1, 0.15) is 53.2 Å². The van der Waals surface area contributed by atoms with Crippen molar-refractivity contribution < 1.29 is 9.59 Å². The summed E-state index contributed by atoms with van der Waals surface area (Å²) >= 11 is 0. The maximum Gasteiger partial charge on any atom is 0.254 e. The van der Waals surface area contributed by atoms with Gasteiger partial charge in [0.25, 0.3) is 5.91 Å². The number of aromatic nitrogens is 2. The lowest BCUT2D eigenvalue weighted by atomic mass is 10.0. The second-order valence-corrected chi connectivity index (χ2v) is 7.32. The average Bonchev–Trinajstić information content (AvgIpc) is 3.22. The molecule has 1 fully saturated rings. The number of carbonyl (C=O) groups excluding carboxylic acids is 2. The van der Waals surface area contributed by atoms with E-state index in [1.807, 2.05) is 42.3 Å². The lowest BCUT2D eigenvalue weighted by Crippen LogP contribution is -2.36. The van der Waals surface area contributed by atoms with Crippen molar-refractivity contribution in [3.63, 3.8) is 0 Å². The fourth-order valence-electron chi connectivity index (χ4n) is 4.10. The number of nitrogens with zero attached hydrogens (tertiary/aromatic N) is 4. The number of nitrogens with one attached hydrogen (secondary N) is 1. The molecule has 0 aliphatic carbocycles. The van der Waals surface area contributed by atoms with Gasteiger partial charge >= 0.3 is 0 Å². The number of hydrogen-bond acceptors (Lipinski definition) is 5. The summed E-state index contributed by atoms with van der Waals surface area (Å²) in [6.45, 7) is 3.46. The summed E-state index contributed by atoms with van der Waals surface area (Å²) in [7, 11) is 1.85. The van der Waals surface area contributed by atoms with E-state index in [2.05, 4.69) is 5.32 Å². The van der Waals surface area contributed by atoms with Crippen LogP contribution < -0.4 is 5.32 Å². The standard InChI is InChI=1S/C21H25N5O2/c1-14(27)25-12-10-16-17(13-25)23-20(24-19(16)22-2)18-9-6-11-26(18)21(28)15-7-4-3-5-8-15/h3-5,7-8,18H,6,9-13H2,1-2H3,(H,22,23,24). The van der Waals surface area contributed by atoms with Gasteiger partial charge in [0.15, 0.2) is 5.82 Å². The van der Waals surface area contributed by atoms with Gasteiger partial charge in [-0.3, -0.25) is 9.59 Å². The molecular formula is C21H25N5O2. The third-order valence-corrected chi connectivity index (χ3v) is 5.60. The van der Waals surface area contributed by atoms with Gasteiger partial charge in [-0.15, -0.1) is 0 Å². The fraction of sp³-hybridized carbons (Fsp3) is 0.429. The molecular weight excluding hydrogens is 354 g/mol. The topological polar surface area (TPSA) is 78.4 Å². The van der Waals surface area contributed by atoms with Crippen LogP contribution in [-0.4, -0.2) is 51.7 Å². The Hall–Kier alpha value is -2.96. The monoisotopic (exact) mass is 379 g/mol. The van der Waals surface area contributed by atoms with E-state index >= 15 is 0 Å². The summed E-state index contributed by atoms with van der Waals surface area (Å²) in [4.78, 5) is 38.1. The Balaban J connectivity index is 1.67. The van der Waals surface area contributed by atoms with Crippen molar-refractivity contribution in [3.05, 3.63) is 53.0 Å². The molecule has 2 aliphatic rings. The number of amides is 2. The molecule has 0 radical (unpaired) electrons. The highest BCUT2D eigenvalue weighted by molar-refractivity contribution is 5.94. The van der Waals surface area contributed by atoms with Crippen LogP contribution in [-0.2, 0) is 17.8 Å². The van der Waals surface area contributed by atoms with E-state index in [-0.39, 0.29) is 17.9 Å². The van der Waals surface area contributed by atoms with E-state index in [9.17, 15) is 9.59 Å². The Kier molecular flexibility index (Phi) is 4.98. The third kappa shape index (κ3) is 3.32. The summed E-state index contributed by atoms with van der Waals surface area (Å²) in [5.74, 6) is 1.54. The Morgan fingerprint density at radius 2 is 1.93 bits per heavy atom. The molecule has 7 nitrogen and oxygen atoms in total. The molecule has 2 amide bonds. The SMILES string of the molecule is CNc1nc(C2CCCN2C(=O)c2ccccc2)nc2c1CCN(C(C)=O)C2. The molecule has 146 valence electrons. The van der Waals surface area contributed by atoms with Crippen LogP contribution in [0.3, 0.4) is 0 Å². The van der Waals surface area contributed by atoms with E-state index in [4.69, 9.17) is 9.97 Å². The van der Waals surface area contributed by atoms with Gasteiger partial charge in [0.2, 0.25) is 5.91 Å². The first kappa shape index (κ1) is 18.4. The minimum Gasteiger partial charge on any atom is -0.373 e. The van der Waals surface area contributed by atoms with Gasteiger partial charge in [-0.2, -0.15) is 0 Å². The quantitative estimate of drug-likeness (QED) is 0.886. The molecule has 0 saturated carbocycles. The lowest BCUT2D eigenvalue weighted by molar-refractivity contribution is -0.129. The smallest absolute Gasteiger partial charge is 0.254 e.